The zero-order valence-electron chi connectivity index (χ0n) is 13.9. The van der Waals surface area contributed by atoms with E-state index in [1.165, 1.54) is 13.2 Å². The fourth-order valence-corrected chi connectivity index (χ4v) is 2.36. The molecule has 0 radical (unpaired) electrons. The van der Waals surface area contributed by atoms with Crippen molar-refractivity contribution in [2.24, 2.45) is 0 Å². The molecule has 0 aliphatic rings. The van der Waals surface area contributed by atoms with Crippen molar-refractivity contribution < 1.29 is 14.3 Å². The number of nitrogens with one attached hydrogen (secondary N) is 3. The number of aromatic nitrogens is 2. The van der Waals surface area contributed by atoms with Crippen LogP contribution in [0.5, 0.6) is 5.75 Å². The average Bonchev–Trinajstić information content (AvgIpc) is 3.08. The molecular formula is C18H17N5O3. The SMILES string of the molecule is COc1ccccc1C(=O)Nc1cccc(NC(=O)c2cc(N)n[nH]2)c1. The highest BCUT2D eigenvalue weighted by atomic mass is 16.5. The van der Waals surface area contributed by atoms with Gasteiger partial charge in [0.1, 0.15) is 17.3 Å². The van der Waals surface area contributed by atoms with Crippen molar-refractivity contribution in [3.8, 4) is 5.75 Å². The molecule has 1 aromatic heterocycles. The Morgan fingerprint density at radius 2 is 1.69 bits per heavy atom. The molecule has 132 valence electrons. The summed E-state index contributed by atoms with van der Waals surface area (Å²) in [6.45, 7) is 0. The standard InChI is InChI=1S/C18H17N5O3/c1-26-15-8-3-2-7-13(15)17(24)20-11-5-4-6-12(9-11)21-18(25)14-10-16(19)23-22-14/h2-10H,1H3,(H,20,24)(H,21,25)(H3,19,22,23). The summed E-state index contributed by atoms with van der Waals surface area (Å²) in [5, 5.41) is 11.7. The van der Waals surface area contributed by atoms with Gasteiger partial charge < -0.3 is 21.1 Å². The number of nitrogens with zero attached hydrogens (tertiary/aromatic N) is 1. The second-order valence-electron chi connectivity index (χ2n) is 5.40. The van der Waals surface area contributed by atoms with Crippen molar-refractivity contribution >= 4 is 29.0 Å². The van der Waals surface area contributed by atoms with E-state index in [9.17, 15) is 9.59 Å². The van der Waals surface area contributed by atoms with Crippen molar-refractivity contribution in [3.05, 3.63) is 65.9 Å². The Bertz CT molecular complexity index is 951. The van der Waals surface area contributed by atoms with E-state index in [4.69, 9.17) is 10.5 Å². The van der Waals surface area contributed by atoms with Crippen LogP contribution in [0.1, 0.15) is 20.8 Å². The van der Waals surface area contributed by atoms with E-state index in [1.807, 2.05) is 0 Å². The average molecular weight is 351 g/mol. The lowest BCUT2D eigenvalue weighted by molar-refractivity contribution is 0.101. The van der Waals surface area contributed by atoms with Gasteiger partial charge in [0, 0.05) is 17.4 Å². The summed E-state index contributed by atoms with van der Waals surface area (Å²) < 4.78 is 5.19. The number of nitrogen functional groups attached to an aromatic ring is 1. The van der Waals surface area contributed by atoms with E-state index >= 15 is 0 Å². The zero-order valence-corrected chi connectivity index (χ0v) is 13.9. The third-order valence-electron chi connectivity index (χ3n) is 3.57. The van der Waals surface area contributed by atoms with Crippen molar-refractivity contribution in [3.63, 3.8) is 0 Å². The second kappa shape index (κ2) is 7.39. The molecule has 2 aromatic carbocycles. The van der Waals surface area contributed by atoms with Crippen molar-refractivity contribution in [2.75, 3.05) is 23.5 Å². The van der Waals surface area contributed by atoms with Gasteiger partial charge in [-0.1, -0.05) is 18.2 Å². The van der Waals surface area contributed by atoms with E-state index in [-0.39, 0.29) is 23.3 Å². The Kier molecular flexibility index (Phi) is 4.84. The smallest absolute Gasteiger partial charge is 0.273 e. The maximum Gasteiger partial charge on any atom is 0.273 e. The van der Waals surface area contributed by atoms with Crippen LogP contribution in [-0.4, -0.2) is 29.1 Å². The van der Waals surface area contributed by atoms with Crippen LogP contribution < -0.4 is 21.1 Å². The fourth-order valence-electron chi connectivity index (χ4n) is 2.36. The Hall–Kier alpha value is -3.81. The number of methoxy groups -OCH3 is 1. The minimum absolute atomic E-state index is 0.230. The molecule has 8 nitrogen and oxygen atoms in total. The number of para-hydroxylation sites is 1. The third-order valence-corrected chi connectivity index (χ3v) is 3.57. The fraction of sp³-hybridized carbons (Fsp3) is 0.0556. The van der Waals surface area contributed by atoms with Crippen LogP contribution in [0.4, 0.5) is 17.2 Å². The predicted molar refractivity (Wildman–Crippen MR) is 98.3 cm³/mol. The summed E-state index contributed by atoms with van der Waals surface area (Å²) in [6, 6.07) is 15.1. The third kappa shape index (κ3) is 3.81. The van der Waals surface area contributed by atoms with Gasteiger partial charge in [-0.05, 0) is 30.3 Å². The minimum atomic E-state index is -0.387. The summed E-state index contributed by atoms with van der Waals surface area (Å²) >= 11 is 0. The first-order valence-corrected chi connectivity index (χ1v) is 7.73. The lowest BCUT2D eigenvalue weighted by Crippen LogP contribution is -2.14. The lowest BCUT2D eigenvalue weighted by atomic mass is 10.2. The van der Waals surface area contributed by atoms with E-state index in [2.05, 4.69) is 20.8 Å². The van der Waals surface area contributed by atoms with E-state index in [1.54, 1.807) is 48.5 Å². The van der Waals surface area contributed by atoms with Gasteiger partial charge in [-0.2, -0.15) is 5.10 Å². The van der Waals surface area contributed by atoms with Gasteiger partial charge in [-0.15, -0.1) is 0 Å². The molecule has 0 bridgehead atoms. The molecule has 0 atom stereocenters. The van der Waals surface area contributed by atoms with Crippen molar-refractivity contribution in [1.82, 2.24) is 10.2 Å². The largest absolute Gasteiger partial charge is 0.496 e. The molecule has 0 aliphatic carbocycles. The molecule has 0 saturated heterocycles. The Balaban J connectivity index is 1.73. The van der Waals surface area contributed by atoms with Crippen LogP contribution in [0.25, 0.3) is 0 Å². The van der Waals surface area contributed by atoms with Crippen LogP contribution in [0.2, 0.25) is 0 Å². The molecule has 8 heteroatoms. The molecule has 1 heterocycles. The van der Waals surface area contributed by atoms with Gasteiger partial charge in [0.2, 0.25) is 0 Å². The minimum Gasteiger partial charge on any atom is -0.496 e. The summed E-state index contributed by atoms with van der Waals surface area (Å²) in [4.78, 5) is 24.6. The predicted octanol–water partition coefficient (Wildman–Crippen LogP) is 2.51. The van der Waals surface area contributed by atoms with Crippen molar-refractivity contribution in [2.45, 2.75) is 0 Å². The highest BCUT2D eigenvalue weighted by Crippen LogP contribution is 2.21. The number of carbonyl (C=O) groups excluding carboxylic acids is 2. The molecule has 0 fully saturated rings. The first kappa shape index (κ1) is 17.0. The molecule has 0 aliphatic heterocycles. The highest BCUT2D eigenvalue weighted by Gasteiger charge is 2.13. The molecule has 3 aromatic rings. The molecule has 26 heavy (non-hydrogen) atoms. The van der Waals surface area contributed by atoms with Crippen LogP contribution in [-0.2, 0) is 0 Å². The maximum absolute atomic E-state index is 12.4. The van der Waals surface area contributed by atoms with Gasteiger partial charge in [-0.25, -0.2) is 0 Å². The number of anilines is 3. The first-order chi connectivity index (χ1) is 12.6. The number of benzene rings is 2. The van der Waals surface area contributed by atoms with Gasteiger partial charge >= 0.3 is 0 Å². The molecule has 0 saturated carbocycles. The van der Waals surface area contributed by atoms with Crippen LogP contribution in [0.15, 0.2) is 54.6 Å². The quantitative estimate of drug-likeness (QED) is 0.562. The van der Waals surface area contributed by atoms with Crippen LogP contribution >= 0.6 is 0 Å². The van der Waals surface area contributed by atoms with Crippen molar-refractivity contribution in [1.29, 1.82) is 0 Å². The number of ether oxygens (including phenoxy) is 1. The van der Waals surface area contributed by atoms with Gasteiger partial charge in [0.15, 0.2) is 0 Å². The Morgan fingerprint density at radius 3 is 2.35 bits per heavy atom. The molecule has 2 amide bonds. The number of aromatic amines is 1. The van der Waals surface area contributed by atoms with Crippen LogP contribution in [0.3, 0.4) is 0 Å². The van der Waals surface area contributed by atoms with Gasteiger partial charge in [0.05, 0.1) is 12.7 Å². The first-order valence-electron chi connectivity index (χ1n) is 7.73. The van der Waals surface area contributed by atoms with Crippen LogP contribution in [0, 0.1) is 0 Å². The number of nitrogens with two attached hydrogens (primary N) is 1. The summed E-state index contributed by atoms with van der Waals surface area (Å²) in [5.74, 6) is 0.00827. The van der Waals surface area contributed by atoms with Gasteiger partial charge in [0.25, 0.3) is 11.8 Å². The second-order valence-corrected chi connectivity index (χ2v) is 5.40. The van der Waals surface area contributed by atoms with E-state index in [0.717, 1.165) is 0 Å². The number of hydrogen-bond donors (Lipinski definition) is 4. The summed E-state index contributed by atoms with van der Waals surface area (Å²) in [6.07, 6.45) is 0. The normalized spacial score (nSPS) is 10.2. The molecule has 0 unspecified atom stereocenters. The number of amides is 2. The summed E-state index contributed by atoms with van der Waals surface area (Å²) in [7, 11) is 1.50. The maximum atomic E-state index is 12.4. The molecule has 5 N–H and O–H groups in total. The molecular weight excluding hydrogens is 334 g/mol. The number of rotatable bonds is 5. The number of H-pyrrole nitrogens is 1. The molecule has 0 spiro atoms. The summed E-state index contributed by atoms with van der Waals surface area (Å²) in [5.41, 5.74) is 7.19. The monoisotopic (exact) mass is 351 g/mol. The Morgan fingerprint density at radius 1 is 1.00 bits per heavy atom. The molecule has 3 rings (SSSR count). The van der Waals surface area contributed by atoms with Gasteiger partial charge in [-0.3, -0.25) is 14.7 Å². The highest BCUT2D eigenvalue weighted by molar-refractivity contribution is 6.07. The van der Waals surface area contributed by atoms with E-state index in [0.29, 0.717) is 22.7 Å². The topological polar surface area (TPSA) is 122 Å². The van der Waals surface area contributed by atoms with E-state index < -0.39 is 0 Å². The zero-order chi connectivity index (χ0) is 18.5. The number of carbonyl (C=O) groups is 2. The number of hydrogen-bond acceptors (Lipinski definition) is 5. The lowest BCUT2D eigenvalue weighted by Gasteiger charge is -2.10. The Labute approximate surface area is 149 Å².